The van der Waals surface area contributed by atoms with E-state index in [2.05, 4.69) is 4.99 Å². The molecule has 2 N–H and O–H groups in total. The molecule has 0 aromatic heterocycles. The highest BCUT2D eigenvalue weighted by Crippen LogP contribution is 2.15. The molecule has 0 aliphatic heterocycles. The van der Waals surface area contributed by atoms with Crippen LogP contribution >= 0.6 is 0 Å². The fourth-order valence-corrected chi connectivity index (χ4v) is 0.849. The fraction of sp³-hybridized carbons (Fsp3) is 0.222. The maximum atomic E-state index is 12.6. The Kier molecular flexibility index (Phi) is 2.95. The Morgan fingerprint density at radius 1 is 1.31 bits per heavy atom. The number of hydrogen-bond donors (Lipinski definition) is 1. The molecule has 0 saturated carbocycles. The van der Waals surface area contributed by atoms with Crippen LogP contribution in [0.15, 0.2) is 23.2 Å². The molecule has 0 radical (unpaired) electrons. The number of benzene rings is 1. The largest absolute Gasteiger partial charge is 0.387 e. The van der Waals surface area contributed by atoms with E-state index in [-0.39, 0.29) is 5.69 Å². The highest BCUT2D eigenvalue weighted by Gasteiger charge is 1.99. The van der Waals surface area contributed by atoms with E-state index in [0.717, 1.165) is 18.2 Å². The van der Waals surface area contributed by atoms with Gasteiger partial charge >= 0.3 is 0 Å². The topological polar surface area (TPSA) is 38.4 Å². The Morgan fingerprint density at radius 2 is 1.85 bits per heavy atom. The highest BCUT2D eigenvalue weighted by molar-refractivity contribution is 5.82. The lowest BCUT2D eigenvalue weighted by molar-refractivity contribution is 0.584. The van der Waals surface area contributed by atoms with Gasteiger partial charge in [0, 0.05) is 12.5 Å². The smallest absolute Gasteiger partial charge is 0.128 e. The molecule has 0 saturated heterocycles. The molecule has 0 heterocycles. The molecule has 0 spiro atoms. The number of nitrogens with two attached hydrogens (primary N) is 1. The molecule has 1 rings (SSSR count). The zero-order valence-electron chi connectivity index (χ0n) is 7.22. The van der Waals surface area contributed by atoms with E-state index in [0.29, 0.717) is 12.3 Å². The molecule has 0 bridgehead atoms. The number of rotatable bonds is 2. The minimum atomic E-state index is -0.650. The molecular formula is C9H10F2N2. The monoisotopic (exact) mass is 184 g/mol. The van der Waals surface area contributed by atoms with Gasteiger partial charge in [0.2, 0.25) is 0 Å². The first-order valence-corrected chi connectivity index (χ1v) is 3.91. The molecule has 0 aliphatic rings. The van der Waals surface area contributed by atoms with Crippen LogP contribution < -0.4 is 5.73 Å². The minimum absolute atomic E-state index is 0.205. The van der Waals surface area contributed by atoms with E-state index < -0.39 is 11.6 Å². The second-order valence-corrected chi connectivity index (χ2v) is 2.58. The third kappa shape index (κ3) is 2.82. The Hall–Kier alpha value is -1.45. The van der Waals surface area contributed by atoms with Crippen molar-refractivity contribution in [2.24, 2.45) is 10.7 Å². The summed E-state index contributed by atoms with van der Waals surface area (Å²) in [6, 6.07) is 3.05. The second kappa shape index (κ2) is 3.98. The van der Waals surface area contributed by atoms with E-state index in [9.17, 15) is 8.78 Å². The molecule has 0 fully saturated rings. The van der Waals surface area contributed by atoms with Crippen molar-refractivity contribution < 1.29 is 8.78 Å². The number of hydrogen-bond acceptors (Lipinski definition) is 1. The SMILES string of the molecule is CCC(N)=Nc1cc(F)cc(F)c1. The van der Waals surface area contributed by atoms with Crippen LogP contribution in [-0.4, -0.2) is 5.84 Å². The number of halogens is 2. The van der Waals surface area contributed by atoms with Crippen molar-refractivity contribution in [2.75, 3.05) is 0 Å². The maximum Gasteiger partial charge on any atom is 0.128 e. The zero-order valence-corrected chi connectivity index (χ0v) is 7.22. The lowest BCUT2D eigenvalue weighted by atomic mass is 10.3. The summed E-state index contributed by atoms with van der Waals surface area (Å²) in [5.74, 6) is -0.949. The molecule has 1 aromatic carbocycles. The average Bonchev–Trinajstić information content (AvgIpc) is 2.02. The van der Waals surface area contributed by atoms with Gasteiger partial charge in [0.15, 0.2) is 0 Å². The Labute approximate surface area is 75.1 Å². The molecule has 4 heteroatoms. The summed E-state index contributed by atoms with van der Waals surface area (Å²) in [5, 5.41) is 0. The van der Waals surface area contributed by atoms with Crippen LogP contribution in [0.2, 0.25) is 0 Å². The Bertz CT molecular complexity index is 314. The third-order valence-electron chi connectivity index (χ3n) is 1.48. The van der Waals surface area contributed by atoms with Crippen molar-refractivity contribution in [1.82, 2.24) is 0 Å². The first-order valence-electron chi connectivity index (χ1n) is 3.91. The van der Waals surface area contributed by atoms with Gasteiger partial charge in [-0.15, -0.1) is 0 Å². The maximum absolute atomic E-state index is 12.6. The van der Waals surface area contributed by atoms with Crippen molar-refractivity contribution in [2.45, 2.75) is 13.3 Å². The van der Waals surface area contributed by atoms with Crippen LogP contribution in [0, 0.1) is 11.6 Å². The van der Waals surface area contributed by atoms with Gasteiger partial charge in [-0.25, -0.2) is 13.8 Å². The summed E-state index contributed by atoms with van der Waals surface area (Å²) in [5.41, 5.74) is 5.62. The van der Waals surface area contributed by atoms with E-state index >= 15 is 0 Å². The molecular weight excluding hydrogens is 174 g/mol. The van der Waals surface area contributed by atoms with Crippen molar-refractivity contribution in [3.05, 3.63) is 29.8 Å². The van der Waals surface area contributed by atoms with Crippen LogP contribution in [-0.2, 0) is 0 Å². The highest BCUT2D eigenvalue weighted by atomic mass is 19.1. The number of amidine groups is 1. The van der Waals surface area contributed by atoms with Crippen LogP contribution in [0.1, 0.15) is 13.3 Å². The van der Waals surface area contributed by atoms with Gasteiger partial charge in [-0.1, -0.05) is 6.92 Å². The molecule has 0 atom stereocenters. The normalized spacial score (nSPS) is 11.8. The summed E-state index contributed by atoms with van der Waals surface area (Å²) >= 11 is 0. The molecule has 0 amide bonds. The van der Waals surface area contributed by atoms with Gasteiger partial charge in [0.1, 0.15) is 11.6 Å². The Balaban J connectivity index is 3.02. The standard InChI is InChI=1S/C9H10F2N2/c1-2-9(12)13-8-4-6(10)3-7(11)5-8/h3-5H,2H2,1H3,(H2,12,13). The number of nitrogens with zero attached hydrogens (tertiary/aromatic N) is 1. The van der Waals surface area contributed by atoms with E-state index in [1.807, 2.05) is 6.92 Å². The van der Waals surface area contributed by atoms with Crippen molar-refractivity contribution in [1.29, 1.82) is 0 Å². The first-order chi connectivity index (χ1) is 6.11. The quantitative estimate of drug-likeness (QED) is 0.556. The van der Waals surface area contributed by atoms with Gasteiger partial charge < -0.3 is 5.73 Å². The van der Waals surface area contributed by atoms with Gasteiger partial charge in [0.05, 0.1) is 11.5 Å². The average molecular weight is 184 g/mol. The van der Waals surface area contributed by atoms with Crippen LogP contribution in [0.3, 0.4) is 0 Å². The van der Waals surface area contributed by atoms with E-state index in [1.165, 1.54) is 0 Å². The summed E-state index contributed by atoms with van der Waals surface area (Å²) in [4.78, 5) is 3.81. The fourth-order valence-electron chi connectivity index (χ4n) is 0.849. The summed E-state index contributed by atoms with van der Waals surface area (Å²) in [6.07, 6.45) is 0.554. The lowest BCUT2D eigenvalue weighted by Crippen LogP contribution is -2.08. The van der Waals surface area contributed by atoms with Crippen LogP contribution in [0.5, 0.6) is 0 Å². The first kappa shape index (κ1) is 9.64. The predicted octanol–water partition coefficient (Wildman–Crippen LogP) is 2.36. The summed E-state index contributed by atoms with van der Waals surface area (Å²) < 4.78 is 25.3. The van der Waals surface area contributed by atoms with Crippen molar-refractivity contribution >= 4 is 11.5 Å². The Morgan fingerprint density at radius 3 is 2.31 bits per heavy atom. The van der Waals surface area contributed by atoms with E-state index in [1.54, 1.807) is 0 Å². The predicted molar refractivity (Wildman–Crippen MR) is 47.9 cm³/mol. The van der Waals surface area contributed by atoms with Gasteiger partial charge in [-0.2, -0.15) is 0 Å². The van der Waals surface area contributed by atoms with Crippen molar-refractivity contribution in [3.63, 3.8) is 0 Å². The molecule has 1 aromatic rings. The van der Waals surface area contributed by atoms with Crippen LogP contribution in [0.25, 0.3) is 0 Å². The zero-order chi connectivity index (χ0) is 9.84. The summed E-state index contributed by atoms with van der Waals surface area (Å²) in [7, 11) is 0. The van der Waals surface area contributed by atoms with Gasteiger partial charge in [-0.3, -0.25) is 0 Å². The molecule has 13 heavy (non-hydrogen) atoms. The molecule has 0 aliphatic carbocycles. The van der Waals surface area contributed by atoms with Crippen LogP contribution in [0.4, 0.5) is 14.5 Å². The minimum Gasteiger partial charge on any atom is -0.387 e. The summed E-state index contributed by atoms with van der Waals surface area (Å²) in [6.45, 7) is 1.81. The number of aliphatic imine (C=N–C) groups is 1. The van der Waals surface area contributed by atoms with Gasteiger partial charge in [-0.05, 0) is 12.1 Å². The molecule has 2 nitrogen and oxygen atoms in total. The second-order valence-electron chi connectivity index (χ2n) is 2.58. The van der Waals surface area contributed by atoms with Gasteiger partial charge in [0.25, 0.3) is 0 Å². The third-order valence-corrected chi connectivity index (χ3v) is 1.48. The van der Waals surface area contributed by atoms with E-state index in [4.69, 9.17) is 5.73 Å². The molecule has 70 valence electrons. The lowest BCUT2D eigenvalue weighted by Gasteiger charge is -1.97. The molecule has 0 unspecified atom stereocenters. The van der Waals surface area contributed by atoms with Crippen molar-refractivity contribution in [3.8, 4) is 0 Å².